The molecule has 0 aliphatic heterocycles. The normalized spacial score (nSPS) is 11.6. The fourth-order valence-electron chi connectivity index (χ4n) is 1.95. The smallest absolute Gasteiger partial charge is 0.0304 e. The van der Waals surface area contributed by atoms with Crippen molar-refractivity contribution in [1.82, 2.24) is 5.48 Å². The van der Waals surface area contributed by atoms with Gasteiger partial charge in [-0.3, -0.25) is 0 Å². The average molecular weight is 193 g/mol. The zero-order chi connectivity index (χ0) is 10.4. The molecular formula is C12H19NO. The van der Waals surface area contributed by atoms with E-state index >= 15 is 0 Å². The molecule has 0 unspecified atom stereocenters. The van der Waals surface area contributed by atoms with E-state index in [1.807, 2.05) is 18.2 Å². The van der Waals surface area contributed by atoms with Gasteiger partial charge in [-0.15, -0.1) is 0 Å². The van der Waals surface area contributed by atoms with E-state index in [0.29, 0.717) is 6.54 Å². The Morgan fingerprint density at radius 2 is 1.71 bits per heavy atom. The van der Waals surface area contributed by atoms with Gasteiger partial charge in [0.1, 0.15) is 0 Å². The summed E-state index contributed by atoms with van der Waals surface area (Å²) in [5.74, 6) is 0. The van der Waals surface area contributed by atoms with Gasteiger partial charge in [0.2, 0.25) is 0 Å². The highest BCUT2D eigenvalue weighted by molar-refractivity contribution is 5.25. The summed E-state index contributed by atoms with van der Waals surface area (Å²) < 4.78 is 0. The highest BCUT2D eigenvalue weighted by Gasteiger charge is 2.27. The van der Waals surface area contributed by atoms with E-state index in [9.17, 15) is 0 Å². The van der Waals surface area contributed by atoms with Gasteiger partial charge in [0, 0.05) is 12.0 Å². The third-order valence-electron chi connectivity index (χ3n) is 3.16. The highest BCUT2D eigenvalue weighted by Crippen LogP contribution is 2.30. The van der Waals surface area contributed by atoms with Gasteiger partial charge in [-0.1, -0.05) is 44.2 Å². The molecule has 78 valence electrons. The Bertz CT molecular complexity index is 254. The minimum absolute atomic E-state index is 0.0655. The first-order valence-electron chi connectivity index (χ1n) is 5.21. The van der Waals surface area contributed by atoms with Crippen LogP contribution in [0.15, 0.2) is 30.3 Å². The first kappa shape index (κ1) is 11.2. The van der Waals surface area contributed by atoms with Crippen LogP contribution in [0, 0.1) is 0 Å². The topological polar surface area (TPSA) is 32.3 Å². The highest BCUT2D eigenvalue weighted by atomic mass is 16.5. The zero-order valence-corrected chi connectivity index (χ0v) is 8.96. The zero-order valence-electron chi connectivity index (χ0n) is 8.96. The lowest BCUT2D eigenvalue weighted by Crippen LogP contribution is -2.35. The van der Waals surface area contributed by atoms with E-state index in [4.69, 9.17) is 5.21 Å². The van der Waals surface area contributed by atoms with E-state index < -0.39 is 0 Å². The van der Waals surface area contributed by atoms with Crippen molar-refractivity contribution in [2.24, 2.45) is 0 Å². The predicted molar refractivity (Wildman–Crippen MR) is 58.5 cm³/mol. The van der Waals surface area contributed by atoms with E-state index in [0.717, 1.165) is 12.8 Å². The van der Waals surface area contributed by atoms with Crippen molar-refractivity contribution < 1.29 is 5.21 Å². The molecule has 2 heteroatoms. The first-order chi connectivity index (χ1) is 6.79. The van der Waals surface area contributed by atoms with Crippen molar-refractivity contribution in [3.05, 3.63) is 35.9 Å². The van der Waals surface area contributed by atoms with Crippen LogP contribution in [0.1, 0.15) is 32.3 Å². The molecule has 0 saturated heterocycles. The van der Waals surface area contributed by atoms with Gasteiger partial charge in [-0.2, -0.15) is 0 Å². The van der Waals surface area contributed by atoms with Crippen LogP contribution in [-0.4, -0.2) is 11.8 Å². The van der Waals surface area contributed by atoms with Gasteiger partial charge in [-0.05, 0) is 18.4 Å². The van der Waals surface area contributed by atoms with E-state index in [1.54, 1.807) is 0 Å². The number of hydrogen-bond acceptors (Lipinski definition) is 2. The number of benzene rings is 1. The lowest BCUT2D eigenvalue weighted by molar-refractivity contribution is 0.134. The summed E-state index contributed by atoms with van der Waals surface area (Å²) in [5, 5.41) is 8.88. The molecule has 0 radical (unpaired) electrons. The summed E-state index contributed by atoms with van der Waals surface area (Å²) >= 11 is 0. The summed E-state index contributed by atoms with van der Waals surface area (Å²) in [6.07, 6.45) is 2.06. The maximum atomic E-state index is 8.88. The second kappa shape index (κ2) is 5.13. The van der Waals surface area contributed by atoms with Gasteiger partial charge < -0.3 is 5.21 Å². The molecule has 14 heavy (non-hydrogen) atoms. The largest absolute Gasteiger partial charge is 0.317 e. The van der Waals surface area contributed by atoms with E-state index in [-0.39, 0.29) is 5.41 Å². The molecule has 2 nitrogen and oxygen atoms in total. The maximum absolute atomic E-state index is 8.88. The Morgan fingerprint density at radius 1 is 1.14 bits per heavy atom. The van der Waals surface area contributed by atoms with Gasteiger partial charge in [0.05, 0.1) is 0 Å². The average Bonchev–Trinajstić information content (AvgIpc) is 2.27. The minimum Gasteiger partial charge on any atom is -0.317 e. The van der Waals surface area contributed by atoms with Crippen LogP contribution in [-0.2, 0) is 5.41 Å². The van der Waals surface area contributed by atoms with Crippen molar-refractivity contribution >= 4 is 0 Å². The van der Waals surface area contributed by atoms with Crippen LogP contribution in [0.2, 0.25) is 0 Å². The molecule has 0 saturated carbocycles. The molecule has 0 aromatic heterocycles. The Balaban J connectivity index is 2.98. The predicted octanol–water partition coefficient (Wildman–Crippen LogP) is 2.72. The van der Waals surface area contributed by atoms with Crippen molar-refractivity contribution in [2.45, 2.75) is 32.1 Å². The molecule has 0 amide bonds. The van der Waals surface area contributed by atoms with Crippen molar-refractivity contribution in [3.63, 3.8) is 0 Å². The summed E-state index contributed by atoms with van der Waals surface area (Å²) in [4.78, 5) is 0. The van der Waals surface area contributed by atoms with Crippen LogP contribution in [0.4, 0.5) is 0 Å². The quantitative estimate of drug-likeness (QED) is 0.705. The third-order valence-corrected chi connectivity index (χ3v) is 3.16. The van der Waals surface area contributed by atoms with Crippen molar-refractivity contribution in [1.29, 1.82) is 0 Å². The SMILES string of the molecule is CCC(CC)(CNO)c1ccccc1. The number of nitrogens with one attached hydrogen (secondary N) is 1. The lowest BCUT2D eigenvalue weighted by Gasteiger charge is -2.31. The summed E-state index contributed by atoms with van der Waals surface area (Å²) in [7, 11) is 0. The van der Waals surface area contributed by atoms with Crippen LogP contribution in [0.25, 0.3) is 0 Å². The maximum Gasteiger partial charge on any atom is 0.0304 e. The van der Waals surface area contributed by atoms with Crippen molar-refractivity contribution in [3.8, 4) is 0 Å². The molecule has 1 aromatic carbocycles. The minimum atomic E-state index is 0.0655. The Labute approximate surface area is 85.9 Å². The molecule has 2 N–H and O–H groups in total. The molecule has 1 aromatic rings. The summed E-state index contributed by atoms with van der Waals surface area (Å²) in [6.45, 7) is 4.94. The fourth-order valence-corrected chi connectivity index (χ4v) is 1.95. The molecule has 1 rings (SSSR count). The van der Waals surface area contributed by atoms with Crippen LogP contribution in [0.5, 0.6) is 0 Å². The number of hydrogen-bond donors (Lipinski definition) is 2. The number of hydroxylamine groups is 1. The second-order valence-corrected chi connectivity index (χ2v) is 3.69. The van der Waals surface area contributed by atoms with Crippen molar-refractivity contribution in [2.75, 3.05) is 6.54 Å². The molecule has 0 atom stereocenters. The van der Waals surface area contributed by atoms with Crippen LogP contribution in [0.3, 0.4) is 0 Å². The lowest BCUT2D eigenvalue weighted by atomic mass is 9.76. The van der Waals surface area contributed by atoms with Gasteiger partial charge >= 0.3 is 0 Å². The molecule has 0 spiro atoms. The molecular weight excluding hydrogens is 174 g/mol. The third kappa shape index (κ3) is 2.14. The Morgan fingerprint density at radius 3 is 2.14 bits per heavy atom. The summed E-state index contributed by atoms with van der Waals surface area (Å²) in [6, 6.07) is 10.4. The Kier molecular flexibility index (Phi) is 4.11. The van der Waals surface area contributed by atoms with Crippen LogP contribution >= 0.6 is 0 Å². The monoisotopic (exact) mass is 193 g/mol. The molecule has 0 fully saturated rings. The fraction of sp³-hybridized carbons (Fsp3) is 0.500. The van der Waals surface area contributed by atoms with E-state index in [2.05, 4.69) is 31.5 Å². The Hall–Kier alpha value is -0.860. The number of rotatable bonds is 5. The van der Waals surface area contributed by atoms with Crippen LogP contribution < -0.4 is 5.48 Å². The molecule has 0 heterocycles. The molecule has 0 bridgehead atoms. The standard InChI is InChI=1S/C12H19NO/c1-3-12(4-2,10-13-14)11-8-6-5-7-9-11/h5-9,13-14H,3-4,10H2,1-2H3. The molecule has 0 aliphatic rings. The van der Waals surface area contributed by atoms with Gasteiger partial charge in [-0.25, -0.2) is 5.48 Å². The molecule has 0 aliphatic carbocycles. The van der Waals surface area contributed by atoms with E-state index in [1.165, 1.54) is 5.56 Å². The summed E-state index contributed by atoms with van der Waals surface area (Å²) in [5.41, 5.74) is 3.67. The van der Waals surface area contributed by atoms with Gasteiger partial charge in [0.25, 0.3) is 0 Å². The van der Waals surface area contributed by atoms with Gasteiger partial charge in [0.15, 0.2) is 0 Å². The second-order valence-electron chi connectivity index (χ2n) is 3.69. The first-order valence-corrected chi connectivity index (χ1v) is 5.21.